The minimum absolute atomic E-state index is 0.0860. The van der Waals surface area contributed by atoms with Gasteiger partial charge < -0.3 is 5.32 Å². The molecule has 4 aromatic rings. The number of fused-ring (bicyclic) bond motifs is 1. The van der Waals surface area contributed by atoms with Crippen molar-refractivity contribution in [2.45, 2.75) is 45.2 Å². The lowest BCUT2D eigenvalue weighted by molar-refractivity contribution is -0.116. The van der Waals surface area contributed by atoms with E-state index in [1.165, 1.54) is 10.7 Å². The number of alkyl halides is 2. The lowest BCUT2D eigenvalue weighted by atomic mass is 10.1. The number of aromatic nitrogens is 5. The van der Waals surface area contributed by atoms with Crippen LogP contribution >= 0.6 is 23.2 Å². The maximum absolute atomic E-state index is 13.7. The number of benzene rings is 1. The number of halogens is 4. The van der Waals surface area contributed by atoms with E-state index in [-0.39, 0.29) is 23.9 Å². The van der Waals surface area contributed by atoms with Gasteiger partial charge >= 0.3 is 0 Å². The number of nitrogens with zero attached hydrogens (tertiary/aromatic N) is 5. The molecule has 5 rings (SSSR count). The number of hydrogen-bond donors (Lipinski definition) is 1. The van der Waals surface area contributed by atoms with Crippen LogP contribution in [0, 0.1) is 6.92 Å². The fourth-order valence-corrected chi connectivity index (χ4v) is 4.26. The molecule has 0 unspecified atom stereocenters. The van der Waals surface area contributed by atoms with Gasteiger partial charge in [-0.25, -0.2) is 18.4 Å². The molecule has 1 saturated carbocycles. The van der Waals surface area contributed by atoms with Crippen molar-refractivity contribution >= 4 is 46.0 Å². The normalized spacial score (nSPS) is 13.7. The van der Waals surface area contributed by atoms with Crippen molar-refractivity contribution in [3.8, 4) is 0 Å². The molecule has 11 heteroatoms. The highest BCUT2D eigenvalue weighted by atomic mass is 35.5. The third-order valence-corrected chi connectivity index (χ3v) is 6.43. The summed E-state index contributed by atoms with van der Waals surface area (Å²) in [7, 11) is 0. The fourth-order valence-electron chi connectivity index (χ4n) is 3.94. The van der Waals surface area contributed by atoms with Gasteiger partial charge in [-0.1, -0.05) is 29.3 Å². The first-order valence-electron chi connectivity index (χ1n) is 10.7. The first kappa shape index (κ1) is 22.7. The van der Waals surface area contributed by atoms with Crippen molar-refractivity contribution in [1.82, 2.24) is 24.5 Å². The number of nitrogens with one attached hydrogen (secondary N) is 1. The number of carbonyl (C=O) groups excluding carboxylic acids is 1. The van der Waals surface area contributed by atoms with Crippen molar-refractivity contribution < 1.29 is 13.6 Å². The van der Waals surface area contributed by atoms with Gasteiger partial charge in [0, 0.05) is 29.4 Å². The van der Waals surface area contributed by atoms with E-state index >= 15 is 0 Å². The van der Waals surface area contributed by atoms with Crippen LogP contribution in [0.3, 0.4) is 0 Å². The van der Waals surface area contributed by atoms with Gasteiger partial charge in [-0.05, 0) is 43.5 Å². The largest absolute Gasteiger partial charge is 0.308 e. The van der Waals surface area contributed by atoms with Gasteiger partial charge in [-0.3, -0.25) is 9.48 Å². The fraction of sp³-hybridized carbons (Fsp3) is 0.304. The second-order valence-corrected chi connectivity index (χ2v) is 9.16. The Labute approximate surface area is 203 Å². The number of carbonyl (C=O) groups is 1. The Kier molecular flexibility index (Phi) is 5.99. The molecule has 0 spiro atoms. The molecule has 3 heterocycles. The summed E-state index contributed by atoms with van der Waals surface area (Å²) in [5.41, 5.74) is 2.17. The molecule has 1 aliphatic rings. The lowest BCUT2D eigenvalue weighted by Gasteiger charge is -2.08. The number of pyridine rings is 1. The Morgan fingerprint density at radius 1 is 1.18 bits per heavy atom. The minimum Gasteiger partial charge on any atom is -0.308 e. The lowest BCUT2D eigenvalue weighted by Crippen LogP contribution is -2.20. The first-order chi connectivity index (χ1) is 16.3. The van der Waals surface area contributed by atoms with Crippen molar-refractivity contribution in [3.05, 3.63) is 69.1 Å². The summed E-state index contributed by atoms with van der Waals surface area (Å²) < 4.78 is 30.5. The Morgan fingerprint density at radius 2 is 1.97 bits per heavy atom. The molecule has 1 amide bonds. The number of hydrogen-bond acceptors (Lipinski definition) is 4. The maximum atomic E-state index is 13.7. The second-order valence-electron chi connectivity index (χ2n) is 8.35. The van der Waals surface area contributed by atoms with Gasteiger partial charge in [-0.2, -0.15) is 10.2 Å². The Morgan fingerprint density at radius 3 is 2.68 bits per heavy atom. The zero-order valence-corrected chi connectivity index (χ0v) is 19.6. The number of rotatable bonds is 7. The van der Waals surface area contributed by atoms with E-state index in [0.717, 1.165) is 18.4 Å². The smallest absolute Gasteiger partial charge is 0.264 e. The predicted molar refractivity (Wildman–Crippen MR) is 126 cm³/mol. The van der Waals surface area contributed by atoms with Gasteiger partial charge in [0.1, 0.15) is 6.54 Å². The SMILES string of the molecule is Cc1nn(CC(=O)Nc2ccn(Cc3ccc(Cl)c(Cl)c3)n2)c2nc(C3CC3)cc(C(F)F)c12. The molecule has 0 atom stereocenters. The van der Waals surface area contributed by atoms with Gasteiger partial charge in [0.05, 0.1) is 27.7 Å². The van der Waals surface area contributed by atoms with Crippen LogP contribution in [0.5, 0.6) is 0 Å². The summed E-state index contributed by atoms with van der Waals surface area (Å²) in [5.74, 6) is 0.165. The van der Waals surface area contributed by atoms with E-state index in [0.29, 0.717) is 44.8 Å². The third-order valence-electron chi connectivity index (χ3n) is 5.69. The third kappa shape index (κ3) is 4.63. The molecule has 0 aliphatic heterocycles. The molecule has 0 saturated heterocycles. The van der Waals surface area contributed by atoms with Crippen LogP contribution in [0.1, 0.15) is 47.7 Å². The minimum atomic E-state index is -2.65. The molecule has 7 nitrogen and oxygen atoms in total. The van der Waals surface area contributed by atoms with Crippen LogP contribution in [-0.2, 0) is 17.9 Å². The molecular weight excluding hydrogens is 485 g/mol. The summed E-state index contributed by atoms with van der Waals surface area (Å²) in [6, 6.07) is 8.45. The maximum Gasteiger partial charge on any atom is 0.264 e. The van der Waals surface area contributed by atoms with Gasteiger partial charge in [-0.15, -0.1) is 0 Å². The molecular formula is C23H20Cl2F2N6O. The van der Waals surface area contributed by atoms with Crippen molar-refractivity contribution in [2.24, 2.45) is 0 Å². The molecule has 3 aromatic heterocycles. The van der Waals surface area contributed by atoms with Crippen LogP contribution in [0.2, 0.25) is 10.0 Å². The molecule has 176 valence electrons. The van der Waals surface area contributed by atoms with Gasteiger partial charge in [0.2, 0.25) is 5.91 Å². The van der Waals surface area contributed by atoms with Crippen LogP contribution in [0.25, 0.3) is 11.0 Å². The highest BCUT2D eigenvalue weighted by molar-refractivity contribution is 6.42. The molecule has 1 aliphatic carbocycles. The topological polar surface area (TPSA) is 77.6 Å². The van der Waals surface area contributed by atoms with Crippen LogP contribution < -0.4 is 5.32 Å². The Hall–Kier alpha value is -3.04. The summed E-state index contributed by atoms with van der Waals surface area (Å²) in [6.07, 6.45) is 0.941. The van der Waals surface area contributed by atoms with Crippen molar-refractivity contribution in [3.63, 3.8) is 0 Å². The van der Waals surface area contributed by atoms with Crippen molar-refractivity contribution in [1.29, 1.82) is 0 Å². The highest BCUT2D eigenvalue weighted by Crippen LogP contribution is 2.41. The number of anilines is 1. The van der Waals surface area contributed by atoms with E-state index in [1.807, 2.05) is 6.07 Å². The monoisotopic (exact) mass is 504 g/mol. The van der Waals surface area contributed by atoms with E-state index in [1.54, 1.807) is 36.0 Å². The van der Waals surface area contributed by atoms with E-state index in [2.05, 4.69) is 20.5 Å². The summed E-state index contributed by atoms with van der Waals surface area (Å²) in [4.78, 5) is 17.3. The average molecular weight is 505 g/mol. The Balaban J connectivity index is 1.33. The molecule has 1 aromatic carbocycles. The van der Waals surface area contributed by atoms with E-state index < -0.39 is 6.43 Å². The summed E-state index contributed by atoms with van der Waals surface area (Å²) >= 11 is 12.0. The standard InChI is InChI=1S/C23H20Cl2F2N6O/c1-12-21-15(22(26)27)9-18(14-3-4-14)28-23(21)33(30-12)11-20(34)29-19-6-7-32(31-19)10-13-2-5-16(24)17(25)8-13/h2,5-9,14,22H,3-4,10-11H2,1H3,(H,29,31,34). The van der Waals surface area contributed by atoms with Crippen LogP contribution in [0.15, 0.2) is 36.5 Å². The molecule has 1 fully saturated rings. The first-order valence-corrected chi connectivity index (χ1v) is 11.5. The zero-order chi connectivity index (χ0) is 24.0. The zero-order valence-electron chi connectivity index (χ0n) is 18.1. The summed E-state index contributed by atoms with van der Waals surface area (Å²) in [5, 5.41) is 12.6. The highest BCUT2D eigenvalue weighted by Gasteiger charge is 2.29. The van der Waals surface area contributed by atoms with E-state index in [4.69, 9.17) is 23.2 Å². The van der Waals surface area contributed by atoms with Crippen LogP contribution in [-0.4, -0.2) is 30.5 Å². The second kappa shape index (κ2) is 8.96. The molecule has 1 N–H and O–H groups in total. The summed E-state index contributed by atoms with van der Waals surface area (Å²) in [6.45, 7) is 1.92. The molecule has 0 bridgehead atoms. The Bertz CT molecular complexity index is 1400. The number of aryl methyl sites for hydroxylation is 1. The molecule has 34 heavy (non-hydrogen) atoms. The quantitative estimate of drug-likeness (QED) is 0.347. The predicted octanol–water partition coefficient (Wildman–Crippen LogP) is 5.75. The molecule has 0 radical (unpaired) electrons. The van der Waals surface area contributed by atoms with Gasteiger partial charge in [0.25, 0.3) is 6.43 Å². The van der Waals surface area contributed by atoms with E-state index in [9.17, 15) is 13.6 Å². The van der Waals surface area contributed by atoms with Crippen LogP contribution in [0.4, 0.5) is 14.6 Å². The van der Waals surface area contributed by atoms with Gasteiger partial charge in [0.15, 0.2) is 11.5 Å². The number of amides is 1. The van der Waals surface area contributed by atoms with Crippen molar-refractivity contribution in [2.75, 3.05) is 5.32 Å². The average Bonchev–Trinajstić information content (AvgIpc) is 3.48.